The lowest BCUT2D eigenvalue weighted by atomic mass is 10.1. The monoisotopic (exact) mass is 316 g/mol. The third kappa shape index (κ3) is 2.96. The van der Waals surface area contributed by atoms with E-state index in [4.69, 9.17) is 4.74 Å². The van der Waals surface area contributed by atoms with Crippen LogP contribution in [-0.2, 0) is 16.4 Å². The molecule has 0 fully saturated rings. The molecule has 1 heterocycles. The minimum absolute atomic E-state index is 0.225. The Morgan fingerprint density at radius 3 is 2.50 bits per heavy atom. The Kier molecular flexibility index (Phi) is 3.85. The van der Waals surface area contributed by atoms with Crippen LogP contribution in [-0.4, -0.2) is 21.4 Å². The van der Waals surface area contributed by atoms with Crippen LogP contribution in [0.3, 0.4) is 0 Å². The Bertz CT molecular complexity index is 812. The van der Waals surface area contributed by atoms with E-state index in [1.807, 2.05) is 24.3 Å². The van der Waals surface area contributed by atoms with Gasteiger partial charge in [-0.3, -0.25) is 0 Å². The van der Waals surface area contributed by atoms with Gasteiger partial charge in [-0.05, 0) is 36.2 Å². The number of fused-ring (bicyclic) bond motifs is 1. The number of nitrogens with zero attached hydrogens (tertiary/aromatic N) is 1. The molecule has 1 aliphatic heterocycles. The maximum absolute atomic E-state index is 12.1. The van der Waals surface area contributed by atoms with Gasteiger partial charge in [0.15, 0.2) is 0 Å². The number of para-hydroxylation sites is 1. The van der Waals surface area contributed by atoms with Gasteiger partial charge >= 0.3 is 0 Å². The summed E-state index contributed by atoms with van der Waals surface area (Å²) in [5.74, 6) is 1.27. The molecule has 6 heteroatoms. The first-order chi connectivity index (χ1) is 10.6. The fourth-order valence-electron chi connectivity index (χ4n) is 2.33. The molecule has 0 unspecified atom stereocenters. The largest absolute Gasteiger partial charge is 0.497 e. The van der Waals surface area contributed by atoms with Crippen molar-refractivity contribution in [3.63, 3.8) is 0 Å². The minimum atomic E-state index is -3.60. The maximum Gasteiger partial charge on any atom is 0.286 e. The molecule has 114 valence electrons. The minimum Gasteiger partial charge on any atom is -0.497 e. The molecule has 0 saturated heterocycles. The fraction of sp³-hybridized carbons (Fsp3) is 0.188. The van der Waals surface area contributed by atoms with Crippen LogP contribution >= 0.6 is 0 Å². The lowest BCUT2D eigenvalue weighted by molar-refractivity contribution is 0.414. The molecule has 1 N–H and O–H groups in total. The number of aryl methyl sites for hydroxylation is 1. The van der Waals surface area contributed by atoms with Gasteiger partial charge in [0.25, 0.3) is 10.0 Å². The first-order valence-electron chi connectivity index (χ1n) is 6.91. The average molecular weight is 316 g/mol. The van der Waals surface area contributed by atoms with Crippen LogP contribution in [0.5, 0.6) is 5.75 Å². The highest BCUT2D eigenvalue weighted by Crippen LogP contribution is 2.27. The summed E-state index contributed by atoms with van der Waals surface area (Å²) in [4.78, 5) is 0.225. The van der Waals surface area contributed by atoms with E-state index >= 15 is 0 Å². The van der Waals surface area contributed by atoms with Gasteiger partial charge < -0.3 is 10.1 Å². The van der Waals surface area contributed by atoms with Crippen molar-refractivity contribution in [2.75, 3.05) is 12.4 Å². The number of methoxy groups -OCH3 is 1. The molecule has 0 radical (unpaired) electrons. The number of anilines is 1. The van der Waals surface area contributed by atoms with Crippen molar-refractivity contribution in [1.82, 2.24) is 0 Å². The van der Waals surface area contributed by atoms with Crippen molar-refractivity contribution in [2.24, 2.45) is 4.40 Å². The molecule has 5 nitrogen and oxygen atoms in total. The highest BCUT2D eigenvalue weighted by Gasteiger charge is 2.23. The Morgan fingerprint density at radius 2 is 1.77 bits per heavy atom. The van der Waals surface area contributed by atoms with Gasteiger partial charge in [-0.2, -0.15) is 8.42 Å². The molecule has 0 bridgehead atoms. The van der Waals surface area contributed by atoms with Crippen LogP contribution in [0.25, 0.3) is 0 Å². The quantitative estimate of drug-likeness (QED) is 0.942. The lowest BCUT2D eigenvalue weighted by Gasteiger charge is -2.17. The van der Waals surface area contributed by atoms with Gasteiger partial charge in [0.2, 0.25) is 0 Å². The summed E-state index contributed by atoms with van der Waals surface area (Å²) in [7, 11) is -1.98. The molecule has 0 aliphatic carbocycles. The van der Waals surface area contributed by atoms with Crippen molar-refractivity contribution in [3.8, 4) is 5.75 Å². The molecule has 22 heavy (non-hydrogen) atoms. The van der Waals surface area contributed by atoms with Gasteiger partial charge in [0, 0.05) is 6.42 Å². The highest BCUT2D eigenvalue weighted by molar-refractivity contribution is 7.90. The number of amidine groups is 1. The maximum atomic E-state index is 12.1. The second-order valence-corrected chi connectivity index (χ2v) is 6.55. The molecule has 0 saturated carbocycles. The molecule has 2 aromatic rings. The van der Waals surface area contributed by atoms with E-state index in [1.165, 1.54) is 0 Å². The van der Waals surface area contributed by atoms with Crippen LogP contribution in [0.4, 0.5) is 5.69 Å². The second kappa shape index (κ2) is 5.81. The number of hydrogen-bond acceptors (Lipinski definition) is 4. The van der Waals surface area contributed by atoms with Gasteiger partial charge in [0.1, 0.15) is 16.5 Å². The molecular weight excluding hydrogens is 300 g/mol. The molecule has 0 amide bonds. The molecule has 0 atom stereocenters. The average Bonchev–Trinajstić information content (AvgIpc) is 2.53. The van der Waals surface area contributed by atoms with Gasteiger partial charge in [0.05, 0.1) is 12.8 Å². The zero-order valence-electron chi connectivity index (χ0n) is 12.1. The van der Waals surface area contributed by atoms with E-state index in [9.17, 15) is 8.42 Å². The number of benzene rings is 2. The second-order valence-electron chi connectivity index (χ2n) is 4.98. The number of nitrogens with one attached hydrogen (secondary N) is 1. The Labute approximate surface area is 129 Å². The standard InChI is InChI=1S/C16H16N2O3S/c1-21-13-9-6-12(7-10-13)8-11-16-17-14-4-2-3-5-15(14)22(19,20)18-16/h2-7,9-10H,8,11H2,1H3,(H,17,18). The van der Waals surface area contributed by atoms with Crippen molar-refractivity contribution in [3.05, 3.63) is 54.1 Å². The van der Waals surface area contributed by atoms with E-state index in [0.29, 0.717) is 24.4 Å². The third-order valence-corrected chi connectivity index (χ3v) is 4.86. The number of hydrogen-bond donors (Lipinski definition) is 1. The molecular formula is C16H16N2O3S. The third-order valence-electron chi connectivity index (χ3n) is 3.48. The zero-order chi connectivity index (χ0) is 15.6. The number of ether oxygens (including phenoxy) is 1. The van der Waals surface area contributed by atoms with Crippen molar-refractivity contribution in [2.45, 2.75) is 17.7 Å². The van der Waals surface area contributed by atoms with E-state index in [-0.39, 0.29) is 4.90 Å². The summed E-state index contributed by atoms with van der Waals surface area (Å²) in [5, 5.41) is 3.09. The SMILES string of the molecule is COc1ccc(CCC2=NS(=O)(=O)c3ccccc3N2)cc1. The molecule has 0 aromatic heterocycles. The zero-order valence-corrected chi connectivity index (χ0v) is 12.9. The summed E-state index contributed by atoms with van der Waals surface area (Å²) >= 11 is 0. The van der Waals surface area contributed by atoms with E-state index < -0.39 is 10.0 Å². The summed E-state index contributed by atoms with van der Waals surface area (Å²) in [6.45, 7) is 0. The summed E-state index contributed by atoms with van der Waals surface area (Å²) in [5.41, 5.74) is 1.68. The topological polar surface area (TPSA) is 67.8 Å². The molecule has 3 rings (SSSR count). The van der Waals surface area contributed by atoms with Gasteiger partial charge in [-0.25, -0.2) is 0 Å². The smallest absolute Gasteiger partial charge is 0.286 e. The first-order valence-corrected chi connectivity index (χ1v) is 8.35. The predicted molar refractivity (Wildman–Crippen MR) is 86.0 cm³/mol. The van der Waals surface area contributed by atoms with Crippen LogP contribution in [0.15, 0.2) is 57.8 Å². The van der Waals surface area contributed by atoms with Crippen LogP contribution < -0.4 is 10.1 Å². The summed E-state index contributed by atoms with van der Waals surface area (Å²) in [6.07, 6.45) is 1.23. The fourth-order valence-corrected chi connectivity index (χ4v) is 3.50. The summed E-state index contributed by atoms with van der Waals surface area (Å²) < 4.78 is 33.2. The Hall–Kier alpha value is -2.34. The van der Waals surface area contributed by atoms with Crippen molar-refractivity contribution < 1.29 is 13.2 Å². The number of sulfonamides is 1. The van der Waals surface area contributed by atoms with Crippen LogP contribution in [0, 0.1) is 0 Å². The van der Waals surface area contributed by atoms with Gasteiger partial charge in [-0.15, -0.1) is 4.40 Å². The highest BCUT2D eigenvalue weighted by atomic mass is 32.2. The van der Waals surface area contributed by atoms with E-state index in [0.717, 1.165) is 11.3 Å². The Balaban J connectivity index is 1.75. The van der Waals surface area contributed by atoms with Crippen molar-refractivity contribution in [1.29, 1.82) is 0 Å². The first kappa shape index (κ1) is 14.6. The number of rotatable bonds is 4. The predicted octanol–water partition coefficient (Wildman–Crippen LogP) is 2.84. The van der Waals surface area contributed by atoms with Crippen LogP contribution in [0.2, 0.25) is 0 Å². The van der Waals surface area contributed by atoms with E-state index in [1.54, 1.807) is 31.4 Å². The lowest BCUT2D eigenvalue weighted by Crippen LogP contribution is -2.21. The molecule has 2 aromatic carbocycles. The Morgan fingerprint density at radius 1 is 1.05 bits per heavy atom. The van der Waals surface area contributed by atoms with E-state index in [2.05, 4.69) is 9.71 Å². The summed E-state index contributed by atoms with van der Waals surface area (Å²) in [6, 6.07) is 14.5. The molecule has 0 spiro atoms. The molecule has 1 aliphatic rings. The normalized spacial score (nSPS) is 15.4. The van der Waals surface area contributed by atoms with Gasteiger partial charge in [-0.1, -0.05) is 24.3 Å². The van der Waals surface area contributed by atoms with Crippen molar-refractivity contribution >= 4 is 21.5 Å². The van der Waals surface area contributed by atoms with Crippen LogP contribution in [0.1, 0.15) is 12.0 Å².